The summed E-state index contributed by atoms with van der Waals surface area (Å²) in [5, 5.41) is 2.40. The van der Waals surface area contributed by atoms with Crippen LogP contribution in [-0.2, 0) is 33.4 Å². The van der Waals surface area contributed by atoms with Crippen LogP contribution in [-0.4, -0.2) is 59.6 Å². The van der Waals surface area contributed by atoms with Gasteiger partial charge in [-0.1, -0.05) is 6.92 Å². The number of ether oxygens (including phenoxy) is 4. The zero-order valence-electron chi connectivity index (χ0n) is 18.5. The predicted octanol–water partition coefficient (Wildman–Crippen LogP) is 0.860. The SMILES string of the molecule is CC[C@H]1C(=O)OC[C@H](NC(=O)c2nccc(C)c2OC(C)=O)C(=O)O[C@@H](C)[C@@H]1OC(C)=O. The third-order valence-corrected chi connectivity index (χ3v) is 4.75. The Morgan fingerprint density at radius 1 is 1.19 bits per heavy atom. The van der Waals surface area contributed by atoms with Gasteiger partial charge in [0.25, 0.3) is 5.91 Å². The van der Waals surface area contributed by atoms with E-state index in [-0.39, 0.29) is 17.9 Å². The maximum absolute atomic E-state index is 12.8. The number of nitrogens with one attached hydrogen (secondary N) is 1. The number of rotatable bonds is 5. The zero-order chi connectivity index (χ0) is 24.0. The number of pyridine rings is 1. The van der Waals surface area contributed by atoms with Crippen molar-refractivity contribution < 1.29 is 42.9 Å². The van der Waals surface area contributed by atoms with Crippen molar-refractivity contribution in [1.82, 2.24) is 10.3 Å². The Kier molecular flexibility index (Phi) is 8.27. The molecule has 1 aliphatic heterocycles. The molecule has 1 fully saturated rings. The minimum Gasteiger partial charge on any atom is -0.463 e. The summed E-state index contributed by atoms with van der Waals surface area (Å²) in [6.45, 7) is 6.65. The van der Waals surface area contributed by atoms with Crippen LogP contribution in [0.15, 0.2) is 12.3 Å². The van der Waals surface area contributed by atoms with Crippen LogP contribution in [0.4, 0.5) is 0 Å². The number of carbonyl (C=O) groups excluding carboxylic acids is 5. The Balaban J connectivity index is 2.28. The van der Waals surface area contributed by atoms with Gasteiger partial charge >= 0.3 is 23.9 Å². The lowest BCUT2D eigenvalue weighted by atomic mass is 9.95. The molecule has 0 unspecified atom stereocenters. The maximum atomic E-state index is 12.8. The summed E-state index contributed by atoms with van der Waals surface area (Å²) in [7, 11) is 0. The molecule has 1 aromatic rings. The van der Waals surface area contributed by atoms with Crippen molar-refractivity contribution in [3.8, 4) is 5.75 Å². The van der Waals surface area contributed by atoms with E-state index in [4.69, 9.17) is 18.9 Å². The van der Waals surface area contributed by atoms with Gasteiger partial charge < -0.3 is 24.3 Å². The van der Waals surface area contributed by atoms with Crippen molar-refractivity contribution >= 4 is 29.8 Å². The molecule has 11 nitrogen and oxygen atoms in total. The molecule has 0 radical (unpaired) electrons. The molecule has 0 saturated carbocycles. The lowest BCUT2D eigenvalue weighted by Gasteiger charge is -2.27. The van der Waals surface area contributed by atoms with Gasteiger partial charge in [-0.15, -0.1) is 0 Å². The first-order valence-corrected chi connectivity index (χ1v) is 10.0. The van der Waals surface area contributed by atoms with Crippen molar-refractivity contribution in [3.05, 3.63) is 23.5 Å². The fourth-order valence-corrected chi connectivity index (χ4v) is 3.21. The second-order valence-electron chi connectivity index (χ2n) is 7.29. The number of nitrogens with zero attached hydrogens (tertiary/aromatic N) is 1. The summed E-state index contributed by atoms with van der Waals surface area (Å²) < 4.78 is 20.9. The second-order valence-corrected chi connectivity index (χ2v) is 7.29. The lowest BCUT2D eigenvalue weighted by Crippen LogP contribution is -2.46. The highest BCUT2D eigenvalue weighted by molar-refractivity contribution is 5.98. The van der Waals surface area contributed by atoms with E-state index < -0.39 is 60.6 Å². The second kappa shape index (κ2) is 10.7. The Morgan fingerprint density at radius 3 is 2.47 bits per heavy atom. The fourth-order valence-electron chi connectivity index (χ4n) is 3.21. The highest BCUT2D eigenvalue weighted by Gasteiger charge is 2.40. The van der Waals surface area contributed by atoms with Gasteiger partial charge in [0.05, 0.1) is 5.92 Å². The van der Waals surface area contributed by atoms with E-state index in [1.165, 1.54) is 27.0 Å². The number of cyclic esters (lactones) is 2. The van der Waals surface area contributed by atoms with Crippen molar-refractivity contribution in [2.24, 2.45) is 5.92 Å². The van der Waals surface area contributed by atoms with Crippen LogP contribution >= 0.6 is 0 Å². The molecule has 0 aromatic carbocycles. The summed E-state index contributed by atoms with van der Waals surface area (Å²) in [5.74, 6) is -4.63. The van der Waals surface area contributed by atoms with Crippen LogP contribution in [0, 0.1) is 12.8 Å². The molecule has 1 aliphatic rings. The van der Waals surface area contributed by atoms with Crippen LogP contribution in [0.3, 0.4) is 0 Å². The third kappa shape index (κ3) is 6.02. The normalized spacial score (nSPS) is 23.5. The molecule has 4 atom stereocenters. The van der Waals surface area contributed by atoms with E-state index in [0.29, 0.717) is 5.56 Å². The molecule has 174 valence electrons. The number of hydrogen-bond donors (Lipinski definition) is 1. The highest BCUT2D eigenvalue weighted by atomic mass is 16.6. The molecular formula is C21H26N2O9. The summed E-state index contributed by atoms with van der Waals surface area (Å²) >= 11 is 0. The van der Waals surface area contributed by atoms with Crippen molar-refractivity contribution in [3.63, 3.8) is 0 Å². The summed E-state index contributed by atoms with van der Waals surface area (Å²) in [5.41, 5.74) is 0.254. The van der Waals surface area contributed by atoms with Crippen LogP contribution in [0.1, 0.15) is 50.2 Å². The van der Waals surface area contributed by atoms with Crippen LogP contribution in [0.2, 0.25) is 0 Å². The number of aromatic nitrogens is 1. The van der Waals surface area contributed by atoms with Gasteiger partial charge in [-0.05, 0) is 31.9 Å². The molecule has 0 spiro atoms. The van der Waals surface area contributed by atoms with E-state index in [1.54, 1.807) is 19.9 Å². The van der Waals surface area contributed by atoms with E-state index >= 15 is 0 Å². The van der Waals surface area contributed by atoms with Gasteiger partial charge in [0.2, 0.25) is 0 Å². The molecule has 32 heavy (non-hydrogen) atoms. The molecule has 1 aromatic heterocycles. The summed E-state index contributed by atoms with van der Waals surface area (Å²) in [4.78, 5) is 64.9. The van der Waals surface area contributed by atoms with Gasteiger partial charge in [0, 0.05) is 20.0 Å². The Hall–Kier alpha value is -3.50. The van der Waals surface area contributed by atoms with Crippen LogP contribution in [0.5, 0.6) is 5.75 Å². The predicted molar refractivity (Wildman–Crippen MR) is 107 cm³/mol. The molecule has 1 saturated heterocycles. The van der Waals surface area contributed by atoms with Crippen molar-refractivity contribution in [2.45, 2.75) is 59.3 Å². The maximum Gasteiger partial charge on any atom is 0.332 e. The molecule has 1 amide bonds. The summed E-state index contributed by atoms with van der Waals surface area (Å²) in [6.07, 6.45) is -0.405. The minimum atomic E-state index is -1.37. The molecule has 0 aliphatic carbocycles. The van der Waals surface area contributed by atoms with Crippen LogP contribution < -0.4 is 10.1 Å². The third-order valence-electron chi connectivity index (χ3n) is 4.75. The lowest BCUT2D eigenvalue weighted by molar-refractivity contribution is -0.173. The largest absolute Gasteiger partial charge is 0.463 e. The number of amides is 1. The number of aryl methyl sites for hydroxylation is 1. The summed E-state index contributed by atoms with van der Waals surface area (Å²) in [6, 6.07) is 0.183. The monoisotopic (exact) mass is 450 g/mol. The first-order valence-electron chi connectivity index (χ1n) is 10.0. The molecule has 2 heterocycles. The standard InChI is InChI=1S/C21H26N2O9/c1-6-14-18(32-13(5)25)11(3)30-21(28)15(9-29-20(14)27)23-19(26)16-17(31-12(4)24)10(2)7-8-22-16/h7-8,11,14-15,18H,6,9H2,1-5H3,(H,23,26)/t11-,14+,15-,18-/m0/s1. The van der Waals surface area contributed by atoms with E-state index in [1.807, 2.05) is 0 Å². The first kappa shape index (κ1) is 24.8. The number of hydrogen-bond acceptors (Lipinski definition) is 10. The average Bonchev–Trinajstić information content (AvgIpc) is 2.74. The Labute approximate surface area is 184 Å². The molecular weight excluding hydrogens is 424 g/mol. The van der Waals surface area contributed by atoms with Gasteiger partial charge in [-0.25, -0.2) is 9.78 Å². The zero-order valence-corrected chi connectivity index (χ0v) is 18.5. The van der Waals surface area contributed by atoms with Gasteiger partial charge in [-0.2, -0.15) is 0 Å². The number of carbonyl (C=O) groups is 5. The quantitative estimate of drug-likeness (QED) is 0.506. The van der Waals surface area contributed by atoms with Crippen molar-refractivity contribution in [2.75, 3.05) is 6.61 Å². The van der Waals surface area contributed by atoms with E-state index in [0.717, 1.165) is 0 Å². The fraction of sp³-hybridized carbons (Fsp3) is 0.524. The molecule has 11 heteroatoms. The topological polar surface area (TPSA) is 147 Å². The average molecular weight is 450 g/mol. The van der Waals surface area contributed by atoms with E-state index in [9.17, 15) is 24.0 Å². The molecule has 0 bridgehead atoms. The van der Waals surface area contributed by atoms with E-state index in [2.05, 4.69) is 10.3 Å². The Bertz CT molecular complexity index is 915. The van der Waals surface area contributed by atoms with Gasteiger partial charge in [0.15, 0.2) is 23.6 Å². The smallest absolute Gasteiger partial charge is 0.332 e. The van der Waals surface area contributed by atoms with Crippen molar-refractivity contribution in [1.29, 1.82) is 0 Å². The Morgan fingerprint density at radius 2 is 1.88 bits per heavy atom. The van der Waals surface area contributed by atoms with Crippen LogP contribution in [0.25, 0.3) is 0 Å². The van der Waals surface area contributed by atoms with Gasteiger partial charge in [-0.3, -0.25) is 19.2 Å². The molecule has 2 rings (SSSR count). The van der Waals surface area contributed by atoms with Gasteiger partial charge in [0.1, 0.15) is 12.7 Å². The molecule has 1 N–H and O–H groups in total. The minimum absolute atomic E-state index is 0.0553. The highest BCUT2D eigenvalue weighted by Crippen LogP contribution is 2.24. The first-order chi connectivity index (χ1) is 15.0. The number of esters is 4.